The predicted octanol–water partition coefficient (Wildman–Crippen LogP) is 7.41. The fourth-order valence-electron chi connectivity index (χ4n) is 2.77. The summed E-state index contributed by atoms with van der Waals surface area (Å²) >= 11 is 0. The molecule has 3 rings (SSSR count). The van der Waals surface area contributed by atoms with Crippen molar-refractivity contribution >= 4 is 16.6 Å². The van der Waals surface area contributed by atoms with Gasteiger partial charge >= 0.3 is 0 Å². The molecule has 1 radical (unpaired) electrons. The average molecular weight is 609 g/mol. The molecule has 0 spiro atoms. The van der Waals surface area contributed by atoms with Crippen LogP contribution >= 0.6 is 0 Å². The van der Waals surface area contributed by atoms with Gasteiger partial charge in [-0.3, -0.25) is 4.79 Å². The van der Waals surface area contributed by atoms with Crippen molar-refractivity contribution in [3.8, 4) is 11.3 Å². The standard InChI is InChI=1S/C17H14N.C11H20O2.Ir/c1-12-4-3-5-15(10-12)17-16-11-13(2)6-7-14(16)8-9-18-17;1-10(2,3)8(12)7-9(13)11(4,5)6;/h3-4,6-11H,1-2H3;7,12H,1-6H3;/q-1;;/b;8-7-;. The second kappa shape index (κ2) is 11.0. The van der Waals surface area contributed by atoms with Crippen LogP contribution in [-0.4, -0.2) is 15.9 Å². The molecule has 0 fully saturated rings. The SMILES string of the molecule is CC(C)(C)C(=O)/C=C(\O)C(C)(C)C.Cc1cc[c-]c(-c2nccc3ccc(C)cc23)c1.[Ir]. The first-order chi connectivity index (χ1) is 14.3. The summed E-state index contributed by atoms with van der Waals surface area (Å²) in [5, 5.41) is 12.0. The Morgan fingerprint density at radius 1 is 0.938 bits per heavy atom. The van der Waals surface area contributed by atoms with E-state index in [0.717, 1.165) is 11.3 Å². The second-order valence-corrected chi connectivity index (χ2v) is 10.1. The fraction of sp³-hybridized carbons (Fsp3) is 0.357. The third-order valence-electron chi connectivity index (χ3n) is 4.91. The number of allylic oxidation sites excluding steroid dienone is 2. The van der Waals surface area contributed by atoms with Crippen LogP contribution in [0.3, 0.4) is 0 Å². The molecule has 3 nitrogen and oxygen atoms in total. The molecule has 0 aliphatic heterocycles. The number of aromatic nitrogens is 1. The van der Waals surface area contributed by atoms with E-state index < -0.39 is 5.41 Å². The van der Waals surface area contributed by atoms with Crippen LogP contribution in [0.15, 0.2) is 60.5 Å². The first-order valence-electron chi connectivity index (χ1n) is 10.6. The molecule has 173 valence electrons. The Hall–Kier alpha value is -2.29. The summed E-state index contributed by atoms with van der Waals surface area (Å²) in [7, 11) is 0. The van der Waals surface area contributed by atoms with Crippen molar-refractivity contribution in [2.75, 3.05) is 0 Å². The number of pyridine rings is 1. The van der Waals surface area contributed by atoms with E-state index >= 15 is 0 Å². The summed E-state index contributed by atoms with van der Waals surface area (Å²) in [6, 6.07) is 17.9. The fourth-order valence-corrected chi connectivity index (χ4v) is 2.77. The van der Waals surface area contributed by atoms with E-state index in [1.807, 2.05) is 59.9 Å². The van der Waals surface area contributed by atoms with Crippen molar-refractivity contribution in [1.82, 2.24) is 4.98 Å². The maximum absolute atomic E-state index is 11.5. The molecular weight excluding hydrogens is 575 g/mol. The van der Waals surface area contributed by atoms with Crippen molar-refractivity contribution in [3.63, 3.8) is 0 Å². The number of carbonyl (C=O) groups excluding carboxylic acids is 1. The number of carbonyl (C=O) groups is 1. The van der Waals surface area contributed by atoms with Crippen LogP contribution in [0.2, 0.25) is 0 Å². The van der Waals surface area contributed by atoms with E-state index in [9.17, 15) is 9.90 Å². The molecule has 0 atom stereocenters. The van der Waals surface area contributed by atoms with E-state index in [4.69, 9.17) is 0 Å². The number of nitrogens with zero attached hydrogens (tertiary/aromatic N) is 1. The topological polar surface area (TPSA) is 50.2 Å². The van der Waals surface area contributed by atoms with Gasteiger partial charge in [-0.2, -0.15) is 0 Å². The number of hydrogen-bond acceptors (Lipinski definition) is 3. The maximum atomic E-state index is 11.5. The minimum atomic E-state index is -0.417. The number of rotatable bonds is 2. The smallest absolute Gasteiger partial charge is 0.164 e. The third kappa shape index (κ3) is 7.69. The Bertz CT molecular complexity index is 1100. The number of aliphatic hydroxyl groups excluding tert-OH is 1. The van der Waals surface area contributed by atoms with E-state index in [0.29, 0.717) is 0 Å². The molecule has 0 amide bonds. The van der Waals surface area contributed by atoms with Crippen LogP contribution in [0, 0.1) is 30.7 Å². The summed E-state index contributed by atoms with van der Waals surface area (Å²) in [5.74, 6) is 0.104. The van der Waals surface area contributed by atoms with Crippen LogP contribution in [0.25, 0.3) is 22.0 Å². The van der Waals surface area contributed by atoms with Gasteiger partial charge in [0.05, 0.1) is 0 Å². The van der Waals surface area contributed by atoms with Crippen LogP contribution in [-0.2, 0) is 24.9 Å². The molecule has 3 aromatic rings. The van der Waals surface area contributed by atoms with Gasteiger partial charge in [-0.05, 0) is 29.5 Å². The molecule has 0 saturated carbocycles. The summed E-state index contributed by atoms with van der Waals surface area (Å²) in [6.45, 7) is 15.3. The van der Waals surface area contributed by atoms with E-state index in [-0.39, 0.29) is 37.1 Å². The zero-order chi connectivity index (χ0) is 23.4. The quantitative estimate of drug-likeness (QED) is 0.187. The first-order valence-corrected chi connectivity index (χ1v) is 10.6. The van der Waals surface area contributed by atoms with E-state index in [2.05, 4.69) is 55.2 Å². The molecule has 1 aromatic heterocycles. The molecule has 1 heterocycles. The van der Waals surface area contributed by atoms with Crippen molar-refractivity contribution in [3.05, 3.63) is 77.7 Å². The number of aliphatic hydroxyl groups is 1. The number of aryl methyl sites for hydroxylation is 2. The van der Waals surface area contributed by atoms with E-state index in [1.54, 1.807) is 0 Å². The van der Waals surface area contributed by atoms with Gasteiger partial charge in [0, 0.05) is 43.2 Å². The molecule has 1 N–H and O–H groups in total. The van der Waals surface area contributed by atoms with Gasteiger partial charge in [-0.15, -0.1) is 35.4 Å². The molecule has 0 unspecified atom stereocenters. The van der Waals surface area contributed by atoms with Crippen LogP contribution in [0.5, 0.6) is 0 Å². The van der Waals surface area contributed by atoms with Crippen LogP contribution in [0.1, 0.15) is 52.7 Å². The Labute approximate surface area is 206 Å². The monoisotopic (exact) mass is 609 g/mol. The molecule has 0 aliphatic rings. The molecule has 0 bridgehead atoms. The second-order valence-electron chi connectivity index (χ2n) is 10.1. The average Bonchev–Trinajstić information content (AvgIpc) is 2.66. The summed E-state index contributed by atoms with van der Waals surface area (Å²) < 4.78 is 0. The van der Waals surface area contributed by atoms with Gasteiger partial charge in [0.2, 0.25) is 0 Å². The molecule has 0 saturated heterocycles. The Kier molecular flexibility index (Phi) is 9.56. The number of benzene rings is 2. The van der Waals surface area contributed by atoms with E-state index in [1.165, 1.54) is 28.0 Å². The zero-order valence-electron chi connectivity index (χ0n) is 20.3. The number of hydrogen-bond donors (Lipinski definition) is 1. The largest absolute Gasteiger partial charge is 0.512 e. The normalized spacial score (nSPS) is 11.9. The van der Waals surface area contributed by atoms with Crippen molar-refractivity contribution in [2.45, 2.75) is 55.4 Å². The van der Waals surface area contributed by atoms with Gasteiger partial charge in [-0.25, -0.2) is 0 Å². The van der Waals surface area contributed by atoms with Gasteiger partial charge in [0.15, 0.2) is 5.78 Å². The summed E-state index contributed by atoms with van der Waals surface area (Å²) in [4.78, 5) is 16.0. The Morgan fingerprint density at radius 2 is 1.56 bits per heavy atom. The third-order valence-corrected chi connectivity index (χ3v) is 4.91. The predicted molar refractivity (Wildman–Crippen MR) is 130 cm³/mol. The minimum absolute atomic E-state index is 0. The molecular formula is C28H34IrNO2-. The maximum Gasteiger partial charge on any atom is 0.164 e. The zero-order valence-corrected chi connectivity index (χ0v) is 22.7. The number of fused-ring (bicyclic) bond motifs is 1. The summed E-state index contributed by atoms with van der Waals surface area (Å²) in [5.41, 5.74) is 3.80. The van der Waals surface area contributed by atoms with Crippen molar-refractivity contribution < 1.29 is 30.0 Å². The van der Waals surface area contributed by atoms with Gasteiger partial charge in [0.1, 0.15) is 5.76 Å². The molecule has 32 heavy (non-hydrogen) atoms. The van der Waals surface area contributed by atoms with Crippen molar-refractivity contribution in [2.24, 2.45) is 10.8 Å². The Balaban J connectivity index is 0.000000330. The molecule has 0 aliphatic carbocycles. The first kappa shape index (κ1) is 27.7. The molecule has 4 heteroatoms. The minimum Gasteiger partial charge on any atom is -0.512 e. The van der Waals surface area contributed by atoms with Gasteiger partial charge in [0.25, 0.3) is 0 Å². The van der Waals surface area contributed by atoms with Gasteiger partial charge < -0.3 is 10.1 Å². The van der Waals surface area contributed by atoms with Crippen LogP contribution < -0.4 is 0 Å². The molecule has 2 aromatic carbocycles. The van der Waals surface area contributed by atoms with Gasteiger partial charge in [-0.1, -0.05) is 72.2 Å². The number of ketones is 1. The van der Waals surface area contributed by atoms with Crippen LogP contribution in [0.4, 0.5) is 0 Å². The summed E-state index contributed by atoms with van der Waals surface area (Å²) in [6.07, 6.45) is 3.20. The van der Waals surface area contributed by atoms with Crippen molar-refractivity contribution in [1.29, 1.82) is 0 Å². The Morgan fingerprint density at radius 3 is 2.12 bits per heavy atom.